The van der Waals surface area contributed by atoms with Crippen LogP contribution < -0.4 is 5.32 Å². The van der Waals surface area contributed by atoms with E-state index in [1.807, 2.05) is 4.90 Å². The largest absolute Gasteiger partial charge is 0.444 e. The van der Waals surface area contributed by atoms with Gasteiger partial charge in [-0.25, -0.2) is 4.98 Å². The molecule has 1 N–H and O–H groups in total. The van der Waals surface area contributed by atoms with Crippen LogP contribution >= 0.6 is 0 Å². The van der Waals surface area contributed by atoms with Crippen LogP contribution in [0.1, 0.15) is 16.9 Å². The molecule has 0 spiro atoms. The average molecular weight is 344 g/mol. The second kappa shape index (κ2) is 7.46. The highest BCUT2D eigenvalue weighted by atomic mass is 16.5. The number of carbonyl (C=O) groups excluding carboxylic acids is 1. The lowest BCUT2D eigenvalue weighted by atomic mass is 10.2. The first kappa shape index (κ1) is 17.1. The number of nitrogens with one attached hydrogen (secondary N) is 1. The molecular formula is C16H20N6O3. The van der Waals surface area contributed by atoms with Crippen molar-refractivity contribution in [3.63, 3.8) is 0 Å². The van der Waals surface area contributed by atoms with Gasteiger partial charge in [0, 0.05) is 18.7 Å². The maximum atomic E-state index is 12.3. The monoisotopic (exact) mass is 344 g/mol. The summed E-state index contributed by atoms with van der Waals surface area (Å²) < 4.78 is 12.9. The standard InChI is InChI=1S/C16H20N6O3/c1-11-12(2)25-16(14(11)5-17)20-15(23)8-21-3-4-24-13(6-21)7-22-10-18-9-19-22/h9-10,13H,3-4,6-8H2,1-2H3,(H,20,23)/t13-/m1/s1. The Morgan fingerprint density at radius 3 is 3.08 bits per heavy atom. The van der Waals surface area contributed by atoms with Gasteiger partial charge in [0.05, 0.1) is 25.8 Å². The molecule has 0 saturated carbocycles. The smallest absolute Gasteiger partial charge is 0.240 e. The highest BCUT2D eigenvalue weighted by Crippen LogP contribution is 2.25. The number of ether oxygens (including phenoxy) is 1. The van der Waals surface area contributed by atoms with Crippen LogP contribution in [0.25, 0.3) is 0 Å². The lowest BCUT2D eigenvalue weighted by Gasteiger charge is -2.32. The van der Waals surface area contributed by atoms with E-state index >= 15 is 0 Å². The van der Waals surface area contributed by atoms with Gasteiger partial charge in [-0.3, -0.25) is 19.7 Å². The molecule has 132 valence electrons. The molecule has 2 aromatic heterocycles. The Bertz CT molecular complexity index is 777. The molecule has 0 aliphatic carbocycles. The number of furan rings is 1. The summed E-state index contributed by atoms with van der Waals surface area (Å²) in [4.78, 5) is 18.2. The molecule has 1 fully saturated rings. The zero-order valence-electron chi connectivity index (χ0n) is 14.2. The van der Waals surface area contributed by atoms with Crippen LogP contribution in [-0.2, 0) is 16.1 Å². The number of morpholine rings is 1. The molecule has 1 aliphatic heterocycles. The van der Waals surface area contributed by atoms with Crippen molar-refractivity contribution < 1.29 is 13.9 Å². The van der Waals surface area contributed by atoms with Crippen molar-refractivity contribution in [2.45, 2.75) is 26.5 Å². The lowest BCUT2D eigenvalue weighted by molar-refractivity contribution is -0.119. The Hall–Kier alpha value is -2.70. The van der Waals surface area contributed by atoms with Gasteiger partial charge in [-0.2, -0.15) is 10.4 Å². The van der Waals surface area contributed by atoms with E-state index in [2.05, 4.69) is 21.5 Å². The molecule has 0 aromatic carbocycles. The van der Waals surface area contributed by atoms with Gasteiger partial charge in [-0.1, -0.05) is 0 Å². The molecular weight excluding hydrogens is 324 g/mol. The normalized spacial score (nSPS) is 18.0. The van der Waals surface area contributed by atoms with Crippen molar-refractivity contribution in [2.24, 2.45) is 0 Å². The number of carbonyl (C=O) groups is 1. The maximum Gasteiger partial charge on any atom is 0.240 e. The molecule has 2 aromatic rings. The third-order valence-corrected chi connectivity index (χ3v) is 4.20. The lowest BCUT2D eigenvalue weighted by Crippen LogP contribution is -2.47. The van der Waals surface area contributed by atoms with E-state index < -0.39 is 0 Å². The number of rotatable bonds is 5. The maximum absolute atomic E-state index is 12.3. The minimum Gasteiger partial charge on any atom is -0.444 e. The predicted molar refractivity (Wildman–Crippen MR) is 87.7 cm³/mol. The van der Waals surface area contributed by atoms with E-state index in [9.17, 15) is 10.1 Å². The summed E-state index contributed by atoms with van der Waals surface area (Å²) in [5.74, 6) is 0.632. The Balaban J connectivity index is 1.56. The summed E-state index contributed by atoms with van der Waals surface area (Å²) in [6.07, 6.45) is 3.07. The van der Waals surface area contributed by atoms with Crippen LogP contribution in [0, 0.1) is 25.2 Å². The van der Waals surface area contributed by atoms with Crippen LogP contribution in [0.3, 0.4) is 0 Å². The van der Waals surface area contributed by atoms with Gasteiger partial charge in [-0.05, 0) is 13.8 Å². The van der Waals surface area contributed by atoms with Crippen molar-refractivity contribution in [3.8, 4) is 6.07 Å². The molecule has 0 bridgehead atoms. The molecule has 1 saturated heterocycles. The molecule has 9 nitrogen and oxygen atoms in total. The van der Waals surface area contributed by atoms with E-state index in [0.717, 1.165) is 5.56 Å². The highest BCUT2D eigenvalue weighted by Gasteiger charge is 2.24. The zero-order valence-corrected chi connectivity index (χ0v) is 14.2. The Kier molecular flexibility index (Phi) is 5.11. The quantitative estimate of drug-likeness (QED) is 0.850. The molecule has 3 heterocycles. The summed E-state index contributed by atoms with van der Waals surface area (Å²) in [6.45, 7) is 6.20. The molecule has 0 radical (unpaired) electrons. The van der Waals surface area contributed by atoms with Crippen molar-refractivity contribution in [1.82, 2.24) is 19.7 Å². The van der Waals surface area contributed by atoms with E-state index in [0.29, 0.717) is 37.6 Å². The summed E-state index contributed by atoms with van der Waals surface area (Å²) in [5.41, 5.74) is 1.12. The number of nitrogens with zero attached hydrogens (tertiary/aromatic N) is 5. The van der Waals surface area contributed by atoms with E-state index in [1.165, 1.54) is 6.33 Å². The van der Waals surface area contributed by atoms with Gasteiger partial charge in [0.2, 0.25) is 11.8 Å². The number of amides is 1. The Morgan fingerprint density at radius 2 is 2.36 bits per heavy atom. The average Bonchev–Trinajstić information content (AvgIpc) is 3.16. The van der Waals surface area contributed by atoms with Crippen molar-refractivity contribution in [2.75, 3.05) is 31.6 Å². The zero-order chi connectivity index (χ0) is 17.8. The molecule has 1 atom stereocenters. The minimum absolute atomic E-state index is 0.0500. The number of nitriles is 1. The van der Waals surface area contributed by atoms with Crippen LogP contribution in [0.15, 0.2) is 17.1 Å². The van der Waals surface area contributed by atoms with E-state index in [1.54, 1.807) is 24.9 Å². The Morgan fingerprint density at radius 1 is 1.52 bits per heavy atom. The minimum atomic E-state index is -0.216. The van der Waals surface area contributed by atoms with E-state index in [-0.39, 0.29) is 24.4 Å². The fraction of sp³-hybridized carbons (Fsp3) is 0.500. The fourth-order valence-electron chi connectivity index (χ4n) is 2.79. The van der Waals surface area contributed by atoms with Gasteiger partial charge in [0.1, 0.15) is 30.0 Å². The van der Waals surface area contributed by atoms with E-state index in [4.69, 9.17) is 9.15 Å². The summed E-state index contributed by atoms with van der Waals surface area (Å²) in [5, 5.41) is 16.0. The molecule has 25 heavy (non-hydrogen) atoms. The highest BCUT2D eigenvalue weighted by molar-refractivity contribution is 5.92. The number of aryl methyl sites for hydroxylation is 1. The summed E-state index contributed by atoms with van der Waals surface area (Å²) >= 11 is 0. The van der Waals surface area contributed by atoms with Crippen molar-refractivity contribution >= 4 is 11.8 Å². The van der Waals surface area contributed by atoms with Gasteiger partial charge in [0.25, 0.3) is 0 Å². The predicted octanol–water partition coefficient (Wildman–Crippen LogP) is 0.699. The number of anilines is 1. The molecule has 9 heteroatoms. The first-order chi connectivity index (χ1) is 12.1. The van der Waals surface area contributed by atoms with Crippen LogP contribution in [-0.4, -0.2) is 57.9 Å². The topological polar surface area (TPSA) is 109 Å². The van der Waals surface area contributed by atoms with Crippen molar-refractivity contribution in [3.05, 3.63) is 29.5 Å². The summed E-state index contributed by atoms with van der Waals surface area (Å²) in [6, 6.07) is 2.07. The van der Waals surface area contributed by atoms with Crippen LogP contribution in [0.5, 0.6) is 0 Å². The van der Waals surface area contributed by atoms with Gasteiger partial charge in [0.15, 0.2) is 0 Å². The second-order valence-electron chi connectivity index (χ2n) is 5.99. The number of hydrogen-bond acceptors (Lipinski definition) is 7. The SMILES string of the molecule is Cc1oc(NC(=O)CN2CCO[C@@H](Cn3cncn3)C2)c(C#N)c1C. The van der Waals surface area contributed by atoms with Crippen LogP contribution in [0.4, 0.5) is 5.88 Å². The molecule has 1 aliphatic rings. The third-order valence-electron chi connectivity index (χ3n) is 4.20. The second-order valence-corrected chi connectivity index (χ2v) is 5.99. The van der Waals surface area contributed by atoms with Crippen molar-refractivity contribution in [1.29, 1.82) is 5.26 Å². The Labute approximate surface area is 145 Å². The number of aromatic nitrogens is 3. The molecule has 3 rings (SSSR count). The third kappa shape index (κ3) is 4.04. The first-order valence-electron chi connectivity index (χ1n) is 8.03. The molecule has 1 amide bonds. The first-order valence-corrected chi connectivity index (χ1v) is 8.03. The van der Waals surface area contributed by atoms with Gasteiger partial charge >= 0.3 is 0 Å². The molecule has 0 unspecified atom stereocenters. The van der Waals surface area contributed by atoms with Crippen LogP contribution in [0.2, 0.25) is 0 Å². The summed E-state index contributed by atoms with van der Waals surface area (Å²) in [7, 11) is 0. The van der Waals surface area contributed by atoms with Gasteiger partial charge < -0.3 is 9.15 Å². The number of hydrogen-bond donors (Lipinski definition) is 1. The fourth-order valence-corrected chi connectivity index (χ4v) is 2.79. The van der Waals surface area contributed by atoms with Gasteiger partial charge in [-0.15, -0.1) is 0 Å².